The van der Waals surface area contributed by atoms with Crippen LogP contribution in [-0.4, -0.2) is 29.9 Å². The number of aromatic nitrogens is 2. The molecule has 1 amide bonds. The van der Waals surface area contributed by atoms with E-state index in [2.05, 4.69) is 15.1 Å². The Morgan fingerprint density at radius 1 is 1.00 bits per heavy atom. The van der Waals surface area contributed by atoms with Crippen LogP contribution in [0, 0.1) is 6.92 Å². The minimum absolute atomic E-state index is 0.0475. The van der Waals surface area contributed by atoms with Crippen molar-refractivity contribution in [3.8, 4) is 17.1 Å². The highest BCUT2D eigenvalue weighted by molar-refractivity contribution is 7.92. The molecule has 2 heterocycles. The lowest BCUT2D eigenvalue weighted by Gasteiger charge is -2.09. The van der Waals surface area contributed by atoms with Crippen molar-refractivity contribution in [1.82, 2.24) is 9.78 Å². The van der Waals surface area contributed by atoms with E-state index in [9.17, 15) is 13.2 Å². The average Bonchev–Trinajstić information content (AvgIpc) is 3.42. The average molecular weight is 465 g/mol. The SMILES string of the molecule is CCCS(=O)(=O)Nc1ccc(NC(=O)c2cn(-c3ccccc3)nc2-c2ccc(C)o2)cc1. The zero-order valence-electron chi connectivity index (χ0n) is 18.3. The quantitative estimate of drug-likeness (QED) is 0.388. The number of aryl methyl sites for hydroxylation is 1. The number of sulfonamides is 1. The maximum atomic E-state index is 13.1. The molecule has 0 spiro atoms. The highest BCUT2D eigenvalue weighted by Gasteiger charge is 2.21. The molecule has 33 heavy (non-hydrogen) atoms. The maximum absolute atomic E-state index is 13.1. The van der Waals surface area contributed by atoms with E-state index in [-0.39, 0.29) is 11.7 Å². The van der Waals surface area contributed by atoms with Crippen LogP contribution >= 0.6 is 0 Å². The van der Waals surface area contributed by atoms with E-state index < -0.39 is 10.0 Å². The number of nitrogens with one attached hydrogen (secondary N) is 2. The molecule has 4 rings (SSSR count). The fraction of sp³-hybridized carbons (Fsp3) is 0.167. The van der Waals surface area contributed by atoms with Crippen LogP contribution in [0.25, 0.3) is 17.1 Å². The van der Waals surface area contributed by atoms with Crippen molar-refractivity contribution in [2.45, 2.75) is 20.3 Å². The molecular weight excluding hydrogens is 440 g/mol. The van der Waals surface area contributed by atoms with Gasteiger partial charge in [0.25, 0.3) is 5.91 Å². The molecule has 0 saturated carbocycles. The molecule has 170 valence electrons. The summed E-state index contributed by atoms with van der Waals surface area (Å²) >= 11 is 0. The first-order valence-corrected chi connectivity index (χ1v) is 12.1. The molecule has 2 N–H and O–H groups in total. The number of hydrogen-bond donors (Lipinski definition) is 2. The highest BCUT2D eigenvalue weighted by Crippen LogP contribution is 2.27. The van der Waals surface area contributed by atoms with Crippen LogP contribution in [0.5, 0.6) is 0 Å². The van der Waals surface area contributed by atoms with E-state index in [1.807, 2.05) is 43.3 Å². The second-order valence-electron chi connectivity index (χ2n) is 7.53. The van der Waals surface area contributed by atoms with Gasteiger partial charge in [-0.2, -0.15) is 5.10 Å². The number of carbonyl (C=O) groups is 1. The van der Waals surface area contributed by atoms with Crippen LogP contribution in [0.4, 0.5) is 11.4 Å². The number of furan rings is 1. The molecular formula is C24H24N4O4S. The van der Waals surface area contributed by atoms with Gasteiger partial charge in [0.2, 0.25) is 10.0 Å². The molecule has 0 aliphatic heterocycles. The standard InChI is InChI=1S/C24H24N4O4S/c1-3-15-33(30,31)27-19-12-10-18(11-13-19)25-24(29)21-16-28(20-7-5-4-6-8-20)26-23(21)22-14-9-17(2)32-22/h4-14,16,27H,3,15H2,1-2H3,(H,25,29). The summed E-state index contributed by atoms with van der Waals surface area (Å²) in [7, 11) is -3.38. The zero-order valence-corrected chi connectivity index (χ0v) is 19.1. The minimum Gasteiger partial charge on any atom is -0.460 e. The number of rotatable bonds is 8. The second kappa shape index (κ2) is 9.33. The smallest absolute Gasteiger partial charge is 0.259 e. The molecule has 0 atom stereocenters. The topological polar surface area (TPSA) is 106 Å². The van der Waals surface area contributed by atoms with Crippen LogP contribution in [0.2, 0.25) is 0 Å². The lowest BCUT2D eigenvalue weighted by molar-refractivity contribution is 0.102. The Hall–Kier alpha value is -3.85. The lowest BCUT2D eigenvalue weighted by Crippen LogP contribution is -2.16. The van der Waals surface area contributed by atoms with E-state index in [1.54, 1.807) is 48.1 Å². The van der Waals surface area contributed by atoms with Gasteiger partial charge in [-0.25, -0.2) is 13.1 Å². The Morgan fingerprint density at radius 2 is 1.70 bits per heavy atom. The summed E-state index contributed by atoms with van der Waals surface area (Å²) < 4.78 is 33.8. The summed E-state index contributed by atoms with van der Waals surface area (Å²) in [6.45, 7) is 3.63. The molecule has 0 saturated heterocycles. The highest BCUT2D eigenvalue weighted by atomic mass is 32.2. The molecule has 0 fully saturated rings. The van der Waals surface area contributed by atoms with Gasteiger partial charge in [-0.05, 0) is 61.9 Å². The number of hydrogen-bond acceptors (Lipinski definition) is 5. The van der Waals surface area contributed by atoms with E-state index in [1.165, 1.54) is 0 Å². The summed E-state index contributed by atoms with van der Waals surface area (Å²) in [5, 5.41) is 7.43. The summed E-state index contributed by atoms with van der Waals surface area (Å²) in [5.74, 6) is 0.895. The second-order valence-corrected chi connectivity index (χ2v) is 9.38. The summed E-state index contributed by atoms with van der Waals surface area (Å²) in [6.07, 6.45) is 2.18. The first-order valence-electron chi connectivity index (χ1n) is 10.5. The van der Waals surface area contributed by atoms with Crippen molar-refractivity contribution >= 4 is 27.3 Å². The first-order chi connectivity index (χ1) is 15.8. The molecule has 0 unspecified atom stereocenters. The number of amides is 1. The van der Waals surface area contributed by atoms with Gasteiger partial charge in [-0.15, -0.1) is 0 Å². The fourth-order valence-corrected chi connectivity index (χ4v) is 4.45. The summed E-state index contributed by atoms with van der Waals surface area (Å²) in [6, 6.07) is 19.6. The number of para-hydroxylation sites is 1. The minimum atomic E-state index is -3.38. The number of benzene rings is 2. The van der Waals surface area contributed by atoms with Gasteiger partial charge in [0, 0.05) is 17.6 Å². The first kappa shape index (κ1) is 22.3. The van der Waals surface area contributed by atoms with E-state index in [4.69, 9.17) is 4.42 Å². The van der Waals surface area contributed by atoms with Crippen LogP contribution in [0.1, 0.15) is 29.5 Å². The lowest BCUT2D eigenvalue weighted by atomic mass is 10.2. The third-order valence-corrected chi connectivity index (χ3v) is 6.33. The van der Waals surface area contributed by atoms with Gasteiger partial charge in [-0.3, -0.25) is 9.52 Å². The third-order valence-electron chi connectivity index (χ3n) is 4.84. The molecule has 8 nitrogen and oxygen atoms in total. The largest absolute Gasteiger partial charge is 0.460 e. The van der Waals surface area contributed by atoms with E-state index >= 15 is 0 Å². The fourth-order valence-electron chi connectivity index (χ4n) is 3.32. The Morgan fingerprint density at radius 3 is 2.33 bits per heavy atom. The number of nitrogens with zero attached hydrogens (tertiary/aromatic N) is 2. The summed E-state index contributed by atoms with van der Waals surface area (Å²) in [4.78, 5) is 13.1. The van der Waals surface area contributed by atoms with Gasteiger partial charge in [-0.1, -0.05) is 25.1 Å². The van der Waals surface area contributed by atoms with Crippen molar-refractivity contribution in [2.24, 2.45) is 0 Å². The van der Waals surface area contributed by atoms with Crippen LogP contribution in [0.15, 0.2) is 77.3 Å². The van der Waals surface area contributed by atoms with Crippen molar-refractivity contribution in [1.29, 1.82) is 0 Å². The van der Waals surface area contributed by atoms with Crippen LogP contribution in [-0.2, 0) is 10.0 Å². The van der Waals surface area contributed by atoms with Crippen LogP contribution < -0.4 is 10.0 Å². The Labute approximate surface area is 192 Å². The van der Waals surface area contributed by atoms with E-state index in [0.29, 0.717) is 40.6 Å². The maximum Gasteiger partial charge on any atom is 0.259 e. The Kier molecular flexibility index (Phi) is 6.32. The molecule has 0 radical (unpaired) electrons. The number of anilines is 2. The van der Waals surface area contributed by atoms with Crippen LogP contribution in [0.3, 0.4) is 0 Å². The van der Waals surface area contributed by atoms with Crippen molar-refractivity contribution in [3.05, 3.63) is 84.3 Å². The molecule has 0 aliphatic rings. The Balaban J connectivity index is 1.59. The van der Waals surface area contributed by atoms with Crippen molar-refractivity contribution < 1.29 is 17.6 Å². The Bertz CT molecular complexity index is 1360. The molecule has 9 heteroatoms. The number of carbonyl (C=O) groups excluding carboxylic acids is 1. The van der Waals surface area contributed by atoms with Gasteiger partial charge in [0.1, 0.15) is 11.5 Å². The monoisotopic (exact) mass is 464 g/mol. The van der Waals surface area contributed by atoms with Crippen molar-refractivity contribution in [2.75, 3.05) is 15.8 Å². The molecule has 4 aromatic rings. The van der Waals surface area contributed by atoms with Gasteiger partial charge >= 0.3 is 0 Å². The molecule has 0 aliphatic carbocycles. The van der Waals surface area contributed by atoms with Gasteiger partial charge in [0.05, 0.1) is 17.0 Å². The predicted molar refractivity (Wildman–Crippen MR) is 128 cm³/mol. The predicted octanol–water partition coefficient (Wildman–Crippen LogP) is 4.84. The van der Waals surface area contributed by atoms with Gasteiger partial charge in [0.15, 0.2) is 5.76 Å². The normalized spacial score (nSPS) is 11.3. The molecule has 2 aromatic heterocycles. The third kappa shape index (κ3) is 5.32. The molecule has 2 aromatic carbocycles. The summed E-state index contributed by atoms with van der Waals surface area (Å²) in [5.41, 5.74) is 2.54. The van der Waals surface area contributed by atoms with Gasteiger partial charge < -0.3 is 9.73 Å². The van der Waals surface area contributed by atoms with E-state index in [0.717, 1.165) is 5.69 Å². The molecule has 0 bridgehead atoms. The van der Waals surface area contributed by atoms with Crippen molar-refractivity contribution in [3.63, 3.8) is 0 Å². The zero-order chi connectivity index (χ0) is 23.4.